The van der Waals surface area contributed by atoms with Gasteiger partial charge in [-0.1, -0.05) is 46.0 Å². The first-order valence-electron chi connectivity index (χ1n) is 8.82. The topological polar surface area (TPSA) is 12.0 Å². The van der Waals surface area contributed by atoms with Gasteiger partial charge in [0.2, 0.25) is 0 Å². The molecule has 1 heteroatoms. The normalized spacial score (nSPS) is 40.4. The molecule has 0 radical (unpaired) electrons. The molecule has 19 heavy (non-hydrogen) atoms. The van der Waals surface area contributed by atoms with Crippen molar-refractivity contribution in [1.82, 2.24) is 5.32 Å². The minimum absolute atomic E-state index is 0.606. The van der Waals surface area contributed by atoms with Crippen LogP contribution in [0.15, 0.2) is 0 Å². The molecule has 0 amide bonds. The molecule has 110 valence electrons. The van der Waals surface area contributed by atoms with E-state index in [1.165, 1.54) is 77.3 Å². The van der Waals surface area contributed by atoms with Gasteiger partial charge >= 0.3 is 0 Å². The van der Waals surface area contributed by atoms with Crippen molar-refractivity contribution in [2.24, 2.45) is 22.7 Å². The van der Waals surface area contributed by atoms with E-state index in [1.54, 1.807) is 0 Å². The van der Waals surface area contributed by atoms with Crippen LogP contribution in [0.4, 0.5) is 0 Å². The molecule has 0 aromatic heterocycles. The van der Waals surface area contributed by atoms with Crippen LogP contribution in [0.5, 0.6) is 0 Å². The second kappa shape index (κ2) is 5.39. The molecule has 2 unspecified atom stereocenters. The van der Waals surface area contributed by atoms with Gasteiger partial charge in [-0.3, -0.25) is 0 Å². The summed E-state index contributed by atoms with van der Waals surface area (Å²) in [6, 6.07) is 0. The molecule has 0 aromatic carbocycles. The minimum Gasteiger partial charge on any atom is -0.316 e. The summed E-state index contributed by atoms with van der Waals surface area (Å²) in [4.78, 5) is 0. The Morgan fingerprint density at radius 2 is 1.63 bits per heavy atom. The Morgan fingerprint density at radius 3 is 2.42 bits per heavy atom. The maximum atomic E-state index is 3.72. The Bertz CT molecular complexity index is 303. The molecule has 2 saturated carbocycles. The highest BCUT2D eigenvalue weighted by Crippen LogP contribution is 2.53. The van der Waals surface area contributed by atoms with Gasteiger partial charge < -0.3 is 5.32 Å². The molecule has 3 fully saturated rings. The fourth-order valence-electron chi connectivity index (χ4n) is 5.40. The monoisotopic (exact) mass is 263 g/mol. The van der Waals surface area contributed by atoms with Crippen LogP contribution in [0.1, 0.15) is 78.1 Å². The van der Waals surface area contributed by atoms with E-state index in [4.69, 9.17) is 0 Å². The van der Waals surface area contributed by atoms with E-state index in [0.29, 0.717) is 10.8 Å². The highest BCUT2D eigenvalue weighted by Gasteiger charge is 2.46. The quantitative estimate of drug-likeness (QED) is 0.719. The van der Waals surface area contributed by atoms with Crippen molar-refractivity contribution in [2.45, 2.75) is 78.1 Å². The molecule has 1 heterocycles. The summed E-state index contributed by atoms with van der Waals surface area (Å²) in [5.74, 6) is 2.05. The van der Waals surface area contributed by atoms with E-state index in [0.717, 1.165) is 11.8 Å². The van der Waals surface area contributed by atoms with Crippen LogP contribution >= 0.6 is 0 Å². The van der Waals surface area contributed by atoms with E-state index in [1.807, 2.05) is 0 Å². The third-order valence-electron chi connectivity index (χ3n) is 6.75. The summed E-state index contributed by atoms with van der Waals surface area (Å²) in [6.45, 7) is 7.60. The average molecular weight is 263 g/mol. The smallest absolute Gasteiger partial charge is 0.00125 e. The first kappa shape index (κ1) is 13.9. The SMILES string of the molecule is CC1(C)CCCC2(CCNCC2C2CCCC2)CC1. The van der Waals surface area contributed by atoms with Crippen molar-refractivity contribution in [1.29, 1.82) is 0 Å². The van der Waals surface area contributed by atoms with Gasteiger partial charge in [0, 0.05) is 0 Å². The average Bonchev–Trinajstić information content (AvgIpc) is 2.86. The fraction of sp³-hybridized carbons (Fsp3) is 1.00. The molecule has 0 bridgehead atoms. The van der Waals surface area contributed by atoms with Crippen molar-refractivity contribution in [2.75, 3.05) is 13.1 Å². The Hall–Kier alpha value is -0.0400. The molecule has 0 aromatic rings. The van der Waals surface area contributed by atoms with Gasteiger partial charge in [0.25, 0.3) is 0 Å². The molecule has 3 aliphatic rings. The van der Waals surface area contributed by atoms with Crippen molar-refractivity contribution >= 4 is 0 Å². The van der Waals surface area contributed by atoms with Gasteiger partial charge in [0.05, 0.1) is 0 Å². The third kappa shape index (κ3) is 2.86. The summed E-state index contributed by atoms with van der Waals surface area (Å²) in [5.41, 5.74) is 1.32. The van der Waals surface area contributed by atoms with Crippen LogP contribution in [0.2, 0.25) is 0 Å². The predicted molar refractivity (Wildman–Crippen MR) is 82.2 cm³/mol. The number of piperidine rings is 1. The molecule has 3 rings (SSSR count). The summed E-state index contributed by atoms with van der Waals surface area (Å²) >= 11 is 0. The van der Waals surface area contributed by atoms with Crippen LogP contribution in [0.25, 0.3) is 0 Å². The lowest BCUT2D eigenvalue weighted by molar-refractivity contribution is 0.0414. The number of hydrogen-bond acceptors (Lipinski definition) is 1. The zero-order valence-electron chi connectivity index (χ0n) is 13.1. The molecular weight excluding hydrogens is 230 g/mol. The third-order valence-corrected chi connectivity index (χ3v) is 6.75. The molecule has 2 atom stereocenters. The lowest BCUT2D eigenvalue weighted by atomic mass is 9.61. The van der Waals surface area contributed by atoms with Gasteiger partial charge in [-0.05, 0) is 67.9 Å². The molecule has 1 nitrogen and oxygen atoms in total. The van der Waals surface area contributed by atoms with Crippen LogP contribution in [-0.4, -0.2) is 13.1 Å². The largest absolute Gasteiger partial charge is 0.316 e. The van der Waals surface area contributed by atoms with Crippen molar-refractivity contribution in [3.63, 3.8) is 0 Å². The zero-order chi connectivity index (χ0) is 13.3. The van der Waals surface area contributed by atoms with Crippen LogP contribution < -0.4 is 5.32 Å². The lowest BCUT2D eigenvalue weighted by Gasteiger charge is -2.47. The molecular formula is C18H33N. The number of hydrogen-bond donors (Lipinski definition) is 1. The Morgan fingerprint density at radius 1 is 0.842 bits per heavy atom. The molecule has 1 aliphatic heterocycles. The van der Waals surface area contributed by atoms with Crippen molar-refractivity contribution in [3.05, 3.63) is 0 Å². The lowest BCUT2D eigenvalue weighted by Crippen LogP contribution is -2.47. The van der Waals surface area contributed by atoms with E-state index < -0.39 is 0 Å². The fourth-order valence-corrected chi connectivity index (χ4v) is 5.40. The first-order valence-corrected chi connectivity index (χ1v) is 8.82. The molecule has 1 spiro atoms. The van der Waals surface area contributed by atoms with Gasteiger partial charge in [-0.2, -0.15) is 0 Å². The van der Waals surface area contributed by atoms with E-state index in [-0.39, 0.29) is 0 Å². The number of rotatable bonds is 1. The standard InChI is InChI=1S/C18H33N/c1-17(2)8-5-9-18(11-10-17)12-13-19-14-16(18)15-6-3-4-7-15/h15-16,19H,3-14H2,1-2H3. The molecule has 2 aliphatic carbocycles. The maximum Gasteiger partial charge on any atom is -0.00125 e. The van der Waals surface area contributed by atoms with Gasteiger partial charge in [-0.15, -0.1) is 0 Å². The Labute approximate surface area is 119 Å². The van der Waals surface area contributed by atoms with Crippen LogP contribution in [-0.2, 0) is 0 Å². The predicted octanol–water partition coefficient (Wildman–Crippen LogP) is 4.76. The maximum absolute atomic E-state index is 3.72. The van der Waals surface area contributed by atoms with Gasteiger partial charge in [0.1, 0.15) is 0 Å². The number of nitrogens with one attached hydrogen (secondary N) is 1. The highest BCUT2D eigenvalue weighted by molar-refractivity contribution is 4.98. The van der Waals surface area contributed by atoms with Crippen LogP contribution in [0.3, 0.4) is 0 Å². The molecule has 1 N–H and O–H groups in total. The van der Waals surface area contributed by atoms with E-state index >= 15 is 0 Å². The van der Waals surface area contributed by atoms with E-state index in [2.05, 4.69) is 19.2 Å². The second-order valence-corrected chi connectivity index (χ2v) is 8.49. The first-order chi connectivity index (χ1) is 9.11. The highest BCUT2D eigenvalue weighted by atomic mass is 14.9. The second-order valence-electron chi connectivity index (χ2n) is 8.49. The summed E-state index contributed by atoms with van der Waals surface area (Å²) in [7, 11) is 0. The van der Waals surface area contributed by atoms with Crippen molar-refractivity contribution < 1.29 is 0 Å². The Balaban J connectivity index is 1.77. The summed E-state index contributed by atoms with van der Waals surface area (Å²) < 4.78 is 0. The Kier molecular flexibility index (Phi) is 3.95. The zero-order valence-corrected chi connectivity index (χ0v) is 13.1. The summed E-state index contributed by atoms with van der Waals surface area (Å²) in [6.07, 6.45) is 15.0. The van der Waals surface area contributed by atoms with Crippen LogP contribution in [0, 0.1) is 22.7 Å². The molecule has 1 saturated heterocycles. The van der Waals surface area contributed by atoms with Crippen molar-refractivity contribution in [3.8, 4) is 0 Å². The van der Waals surface area contributed by atoms with Gasteiger partial charge in [0.15, 0.2) is 0 Å². The minimum atomic E-state index is 0.606. The summed E-state index contributed by atoms with van der Waals surface area (Å²) in [5, 5.41) is 3.72. The van der Waals surface area contributed by atoms with Gasteiger partial charge in [-0.25, -0.2) is 0 Å². The van der Waals surface area contributed by atoms with E-state index in [9.17, 15) is 0 Å².